The molecule has 1 aliphatic heterocycles. The number of esters is 1. The number of halogens is 1. The summed E-state index contributed by atoms with van der Waals surface area (Å²) in [5.41, 5.74) is 2.32. The number of fused-ring (bicyclic) bond motifs is 1. The van der Waals surface area contributed by atoms with Crippen molar-refractivity contribution in [1.82, 2.24) is 4.57 Å². The van der Waals surface area contributed by atoms with E-state index in [2.05, 4.69) is 27.6 Å². The number of ether oxygens (including phenoxy) is 3. The summed E-state index contributed by atoms with van der Waals surface area (Å²) in [5, 5.41) is 0. The number of benzene rings is 2. The number of hydrogen-bond acceptors (Lipinski definition) is 7. The summed E-state index contributed by atoms with van der Waals surface area (Å²) in [6.45, 7) is 7.84. The standard InChI is InChI=1S/C27H27IN2O5S/c1-6-34-19-10-8-18(9-11-19)24-23(26(32)35-15(2)3)16(4)29-27-30(24)25(31)22(36-27)14-17-7-12-21(33-5)20(28)13-17/h7-15,24H,6H2,1-5H3/b22-14+/t24-/m0/s1. The molecule has 0 saturated heterocycles. The summed E-state index contributed by atoms with van der Waals surface area (Å²) >= 11 is 3.50. The van der Waals surface area contributed by atoms with Crippen LogP contribution in [0.5, 0.6) is 11.5 Å². The van der Waals surface area contributed by atoms with Crippen molar-refractivity contribution >= 4 is 46.0 Å². The number of carbonyl (C=O) groups is 1. The summed E-state index contributed by atoms with van der Waals surface area (Å²) in [5.74, 6) is 1.01. The van der Waals surface area contributed by atoms with Gasteiger partial charge in [0, 0.05) is 0 Å². The lowest BCUT2D eigenvalue weighted by Crippen LogP contribution is -2.40. The Labute approximate surface area is 226 Å². The predicted octanol–water partition coefficient (Wildman–Crippen LogP) is 4.20. The molecule has 0 fully saturated rings. The van der Waals surface area contributed by atoms with Crippen molar-refractivity contribution in [3.63, 3.8) is 0 Å². The summed E-state index contributed by atoms with van der Waals surface area (Å²) in [7, 11) is 1.63. The number of aromatic nitrogens is 1. The predicted molar refractivity (Wildman–Crippen MR) is 148 cm³/mol. The number of methoxy groups -OCH3 is 1. The van der Waals surface area contributed by atoms with Gasteiger partial charge in [0.1, 0.15) is 11.5 Å². The average Bonchev–Trinajstić information content (AvgIpc) is 3.13. The summed E-state index contributed by atoms with van der Waals surface area (Å²) in [6.07, 6.45) is 1.53. The van der Waals surface area contributed by atoms with Gasteiger partial charge in [-0.1, -0.05) is 29.5 Å². The fraction of sp³-hybridized carbons (Fsp3) is 0.296. The number of hydrogen-bond donors (Lipinski definition) is 0. The van der Waals surface area contributed by atoms with Crippen LogP contribution in [-0.4, -0.2) is 30.4 Å². The molecule has 2 heterocycles. The molecule has 1 aromatic heterocycles. The van der Waals surface area contributed by atoms with Crippen LogP contribution in [0.2, 0.25) is 0 Å². The first-order valence-electron chi connectivity index (χ1n) is 11.5. The monoisotopic (exact) mass is 618 g/mol. The van der Waals surface area contributed by atoms with E-state index in [9.17, 15) is 9.59 Å². The topological polar surface area (TPSA) is 79.1 Å². The molecule has 0 N–H and O–H groups in total. The third-order valence-electron chi connectivity index (χ3n) is 5.56. The molecule has 7 nitrogen and oxygen atoms in total. The van der Waals surface area contributed by atoms with Gasteiger partial charge < -0.3 is 14.2 Å². The van der Waals surface area contributed by atoms with Crippen molar-refractivity contribution in [2.24, 2.45) is 4.99 Å². The molecule has 2 aromatic carbocycles. The molecule has 0 radical (unpaired) electrons. The first-order valence-corrected chi connectivity index (χ1v) is 13.4. The van der Waals surface area contributed by atoms with Crippen LogP contribution >= 0.6 is 33.9 Å². The van der Waals surface area contributed by atoms with E-state index < -0.39 is 12.0 Å². The average molecular weight is 618 g/mol. The molecule has 36 heavy (non-hydrogen) atoms. The highest BCUT2D eigenvalue weighted by molar-refractivity contribution is 14.1. The highest BCUT2D eigenvalue weighted by atomic mass is 127. The SMILES string of the molecule is CCOc1ccc([C@H]2C(C(=O)OC(C)C)=C(C)N=c3s/c(=C/c4ccc(OC)c(I)c4)c(=O)n32)cc1. The molecule has 188 valence electrons. The highest BCUT2D eigenvalue weighted by Crippen LogP contribution is 2.32. The van der Waals surface area contributed by atoms with E-state index >= 15 is 0 Å². The van der Waals surface area contributed by atoms with E-state index in [1.807, 2.05) is 55.5 Å². The van der Waals surface area contributed by atoms with Gasteiger partial charge in [0.2, 0.25) is 0 Å². The van der Waals surface area contributed by atoms with Gasteiger partial charge in [0.25, 0.3) is 5.56 Å². The summed E-state index contributed by atoms with van der Waals surface area (Å²) in [6, 6.07) is 12.5. The van der Waals surface area contributed by atoms with Gasteiger partial charge in [-0.15, -0.1) is 0 Å². The molecule has 0 aliphatic carbocycles. The second kappa shape index (κ2) is 11.0. The Bertz CT molecular complexity index is 1500. The third-order valence-corrected chi connectivity index (χ3v) is 7.39. The number of rotatable bonds is 7. The molecule has 1 atom stereocenters. The van der Waals surface area contributed by atoms with Crippen LogP contribution < -0.4 is 24.4 Å². The minimum absolute atomic E-state index is 0.217. The van der Waals surface area contributed by atoms with Gasteiger partial charge in [-0.2, -0.15) is 0 Å². The number of nitrogens with zero attached hydrogens (tertiary/aromatic N) is 2. The van der Waals surface area contributed by atoms with E-state index in [-0.39, 0.29) is 11.7 Å². The van der Waals surface area contributed by atoms with E-state index in [1.165, 1.54) is 11.3 Å². The lowest BCUT2D eigenvalue weighted by Gasteiger charge is -2.25. The number of thiazole rings is 1. The Morgan fingerprint density at radius 1 is 1.22 bits per heavy atom. The molecule has 4 rings (SSSR count). The lowest BCUT2D eigenvalue weighted by molar-refractivity contribution is -0.143. The zero-order valence-corrected chi connectivity index (χ0v) is 23.7. The first kappa shape index (κ1) is 26.2. The van der Waals surface area contributed by atoms with E-state index in [1.54, 1.807) is 32.4 Å². The minimum Gasteiger partial charge on any atom is -0.496 e. The molecule has 0 bridgehead atoms. The molecule has 1 aliphatic rings. The van der Waals surface area contributed by atoms with Crippen LogP contribution in [0.1, 0.15) is 44.9 Å². The van der Waals surface area contributed by atoms with Crippen LogP contribution in [0.15, 0.2) is 63.5 Å². The lowest BCUT2D eigenvalue weighted by atomic mass is 9.96. The molecule has 0 amide bonds. The molecule has 0 spiro atoms. The van der Waals surface area contributed by atoms with E-state index in [4.69, 9.17) is 14.2 Å². The zero-order chi connectivity index (χ0) is 26.0. The maximum absolute atomic E-state index is 13.7. The first-order chi connectivity index (χ1) is 17.2. The Morgan fingerprint density at radius 2 is 1.94 bits per heavy atom. The van der Waals surface area contributed by atoms with Gasteiger partial charge >= 0.3 is 5.97 Å². The second-order valence-corrected chi connectivity index (χ2v) is 10.6. The number of carbonyl (C=O) groups excluding carboxylic acids is 1. The largest absolute Gasteiger partial charge is 0.496 e. The third kappa shape index (κ3) is 5.27. The Kier molecular flexibility index (Phi) is 7.99. The molecule has 0 saturated carbocycles. The van der Waals surface area contributed by atoms with Crippen LogP contribution in [0.25, 0.3) is 6.08 Å². The normalized spacial score (nSPS) is 15.5. The van der Waals surface area contributed by atoms with Gasteiger partial charge in [-0.05, 0) is 91.8 Å². The van der Waals surface area contributed by atoms with Crippen molar-refractivity contribution in [3.8, 4) is 11.5 Å². The van der Waals surface area contributed by atoms with Gasteiger partial charge in [0.05, 0.1) is 45.2 Å². The Hall–Kier alpha value is -2.92. The number of allylic oxidation sites excluding steroid dienone is 1. The maximum Gasteiger partial charge on any atom is 0.338 e. The molecular weight excluding hydrogens is 591 g/mol. The van der Waals surface area contributed by atoms with Crippen molar-refractivity contribution in [2.75, 3.05) is 13.7 Å². The highest BCUT2D eigenvalue weighted by Gasteiger charge is 2.33. The summed E-state index contributed by atoms with van der Waals surface area (Å²) < 4.78 is 19.5. The fourth-order valence-electron chi connectivity index (χ4n) is 4.01. The van der Waals surface area contributed by atoms with Gasteiger partial charge in [-0.25, -0.2) is 9.79 Å². The van der Waals surface area contributed by atoms with Crippen LogP contribution in [0, 0.1) is 3.57 Å². The van der Waals surface area contributed by atoms with Gasteiger partial charge in [-0.3, -0.25) is 9.36 Å². The minimum atomic E-state index is -0.665. The van der Waals surface area contributed by atoms with E-state index in [0.29, 0.717) is 27.2 Å². The van der Waals surface area contributed by atoms with Crippen molar-refractivity contribution in [1.29, 1.82) is 0 Å². The maximum atomic E-state index is 13.7. The fourth-order valence-corrected chi connectivity index (χ4v) is 5.82. The van der Waals surface area contributed by atoms with Crippen LogP contribution in [0.4, 0.5) is 0 Å². The quantitative estimate of drug-likeness (QED) is 0.293. The smallest absolute Gasteiger partial charge is 0.338 e. The molecular formula is C27H27IN2O5S. The zero-order valence-electron chi connectivity index (χ0n) is 20.7. The second-order valence-electron chi connectivity index (χ2n) is 8.43. The van der Waals surface area contributed by atoms with Crippen molar-refractivity contribution in [3.05, 3.63) is 88.1 Å². The van der Waals surface area contributed by atoms with Crippen molar-refractivity contribution in [2.45, 2.75) is 39.8 Å². The molecule has 3 aromatic rings. The molecule has 0 unspecified atom stereocenters. The van der Waals surface area contributed by atoms with E-state index in [0.717, 1.165) is 26.2 Å². The molecule has 9 heteroatoms. The van der Waals surface area contributed by atoms with Crippen molar-refractivity contribution < 1.29 is 19.0 Å². The summed E-state index contributed by atoms with van der Waals surface area (Å²) in [4.78, 5) is 32.1. The Balaban J connectivity index is 1.89. The van der Waals surface area contributed by atoms with Crippen LogP contribution in [-0.2, 0) is 9.53 Å². The Morgan fingerprint density at radius 3 is 2.56 bits per heavy atom. The van der Waals surface area contributed by atoms with Crippen LogP contribution in [0.3, 0.4) is 0 Å². The van der Waals surface area contributed by atoms with Gasteiger partial charge in [0.15, 0.2) is 4.80 Å².